The van der Waals surface area contributed by atoms with E-state index in [0.717, 1.165) is 13.1 Å². The predicted molar refractivity (Wildman–Crippen MR) is 55.7 cm³/mol. The highest BCUT2D eigenvalue weighted by Crippen LogP contribution is 2.17. The van der Waals surface area contributed by atoms with Crippen LogP contribution >= 0.6 is 11.6 Å². The summed E-state index contributed by atoms with van der Waals surface area (Å²) in [5, 5.41) is 3.69. The normalized spacial score (nSPS) is 18.7. The SMILES string of the molecule is CC(Oc1cccc(Cl)n1)C1CNC1. The van der Waals surface area contributed by atoms with Crippen LogP contribution < -0.4 is 10.1 Å². The molecule has 76 valence electrons. The molecule has 0 bridgehead atoms. The molecule has 0 spiro atoms. The molecule has 0 aromatic carbocycles. The van der Waals surface area contributed by atoms with Crippen molar-refractivity contribution in [3.63, 3.8) is 0 Å². The highest BCUT2D eigenvalue weighted by Gasteiger charge is 2.25. The zero-order chi connectivity index (χ0) is 9.97. The molecule has 0 aliphatic carbocycles. The highest BCUT2D eigenvalue weighted by atomic mass is 35.5. The lowest BCUT2D eigenvalue weighted by Gasteiger charge is -2.32. The molecule has 1 fully saturated rings. The molecule has 1 atom stereocenters. The zero-order valence-corrected chi connectivity index (χ0v) is 8.79. The number of aromatic nitrogens is 1. The Labute approximate surface area is 88.4 Å². The van der Waals surface area contributed by atoms with Crippen molar-refractivity contribution in [2.24, 2.45) is 5.92 Å². The molecule has 2 rings (SSSR count). The summed E-state index contributed by atoms with van der Waals surface area (Å²) in [4.78, 5) is 4.08. The van der Waals surface area contributed by atoms with E-state index in [1.54, 1.807) is 6.07 Å². The van der Waals surface area contributed by atoms with Gasteiger partial charge in [-0.05, 0) is 13.0 Å². The Balaban J connectivity index is 1.95. The van der Waals surface area contributed by atoms with Gasteiger partial charge in [0.15, 0.2) is 0 Å². The van der Waals surface area contributed by atoms with Gasteiger partial charge in [0.25, 0.3) is 0 Å². The second-order valence-corrected chi connectivity index (χ2v) is 3.93. The molecule has 14 heavy (non-hydrogen) atoms. The molecule has 1 saturated heterocycles. The number of nitrogens with zero attached hydrogens (tertiary/aromatic N) is 1. The quantitative estimate of drug-likeness (QED) is 0.775. The third-order valence-corrected chi connectivity index (χ3v) is 2.68. The van der Waals surface area contributed by atoms with Crippen LogP contribution in [0.2, 0.25) is 5.15 Å². The van der Waals surface area contributed by atoms with Gasteiger partial charge in [-0.2, -0.15) is 0 Å². The fourth-order valence-corrected chi connectivity index (χ4v) is 1.54. The van der Waals surface area contributed by atoms with Gasteiger partial charge in [0, 0.05) is 25.1 Å². The molecule has 3 nitrogen and oxygen atoms in total. The van der Waals surface area contributed by atoms with E-state index < -0.39 is 0 Å². The molecule has 0 amide bonds. The van der Waals surface area contributed by atoms with Crippen LogP contribution in [0.5, 0.6) is 5.88 Å². The fourth-order valence-electron chi connectivity index (χ4n) is 1.38. The first-order chi connectivity index (χ1) is 6.75. The molecule has 1 aliphatic rings. The summed E-state index contributed by atoms with van der Waals surface area (Å²) in [5.74, 6) is 1.20. The molecule has 1 aliphatic heterocycles. The molecular formula is C10H13ClN2O. The first kappa shape index (κ1) is 9.74. The summed E-state index contributed by atoms with van der Waals surface area (Å²) >= 11 is 5.75. The van der Waals surface area contributed by atoms with Crippen molar-refractivity contribution in [1.82, 2.24) is 10.3 Å². The maximum atomic E-state index is 5.75. The summed E-state index contributed by atoms with van der Waals surface area (Å²) in [7, 11) is 0. The minimum atomic E-state index is 0.196. The summed E-state index contributed by atoms with van der Waals surface area (Å²) < 4.78 is 5.66. The van der Waals surface area contributed by atoms with Crippen molar-refractivity contribution in [3.05, 3.63) is 23.4 Å². The third kappa shape index (κ3) is 2.16. The second kappa shape index (κ2) is 4.15. The van der Waals surface area contributed by atoms with Gasteiger partial charge in [0.1, 0.15) is 11.3 Å². The van der Waals surface area contributed by atoms with Crippen molar-refractivity contribution in [2.75, 3.05) is 13.1 Å². The van der Waals surface area contributed by atoms with Crippen LogP contribution in [-0.2, 0) is 0 Å². The lowest BCUT2D eigenvalue weighted by molar-refractivity contribution is 0.110. The number of halogens is 1. The van der Waals surface area contributed by atoms with Crippen molar-refractivity contribution in [1.29, 1.82) is 0 Å². The van der Waals surface area contributed by atoms with Gasteiger partial charge in [-0.15, -0.1) is 0 Å². The molecular weight excluding hydrogens is 200 g/mol. The summed E-state index contributed by atoms with van der Waals surface area (Å²) in [6, 6.07) is 5.41. The minimum absolute atomic E-state index is 0.196. The van der Waals surface area contributed by atoms with Crippen LogP contribution in [0.15, 0.2) is 18.2 Å². The van der Waals surface area contributed by atoms with E-state index in [4.69, 9.17) is 16.3 Å². The zero-order valence-electron chi connectivity index (χ0n) is 8.03. The summed E-state index contributed by atoms with van der Waals surface area (Å²) in [6.07, 6.45) is 0.196. The van der Waals surface area contributed by atoms with Crippen LogP contribution in [0.1, 0.15) is 6.92 Å². The maximum absolute atomic E-state index is 5.75. The molecule has 0 radical (unpaired) electrons. The molecule has 0 saturated carbocycles. The van der Waals surface area contributed by atoms with Gasteiger partial charge in [0.05, 0.1) is 0 Å². The Hall–Kier alpha value is -0.800. The molecule has 1 N–H and O–H groups in total. The molecule has 1 unspecified atom stereocenters. The average molecular weight is 213 g/mol. The molecule has 4 heteroatoms. The Kier molecular flexibility index (Phi) is 2.89. The first-order valence-corrected chi connectivity index (χ1v) is 5.13. The molecule has 1 aromatic rings. The largest absolute Gasteiger partial charge is 0.474 e. The lowest BCUT2D eigenvalue weighted by atomic mass is 9.98. The summed E-state index contributed by atoms with van der Waals surface area (Å²) in [5.41, 5.74) is 0. The third-order valence-electron chi connectivity index (χ3n) is 2.47. The summed E-state index contributed by atoms with van der Waals surface area (Å²) in [6.45, 7) is 4.12. The Bertz CT molecular complexity index is 315. The minimum Gasteiger partial charge on any atom is -0.474 e. The Morgan fingerprint density at radius 1 is 1.57 bits per heavy atom. The monoisotopic (exact) mass is 212 g/mol. The average Bonchev–Trinajstić information content (AvgIpc) is 1.99. The van der Waals surface area contributed by atoms with E-state index in [9.17, 15) is 0 Å². The molecule has 2 heterocycles. The van der Waals surface area contributed by atoms with E-state index in [1.165, 1.54) is 0 Å². The molecule has 1 aromatic heterocycles. The van der Waals surface area contributed by atoms with Crippen molar-refractivity contribution >= 4 is 11.6 Å². The van der Waals surface area contributed by atoms with Gasteiger partial charge in [-0.3, -0.25) is 0 Å². The standard InChI is InChI=1S/C10H13ClN2O/c1-7(8-5-12-6-8)14-10-4-2-3-9(11)13-10/h2-4,7-8,12H,5-6H2,1H3. The van der Waals surface area contributed by atoms with Crippen LogP contribution in [0.25, 0.3) is 0 Å². The van der Waals surface area contributed by atoms with E-state index in [2.05, 4.69) is 17.2 Å². The van der Waals surface area contributed by atoms with E-state index in [1.807, 2.05) is 12.1 Å². The van der Waals surface area contributed by atoms with Crippen LogP contribution in [0.4, 0.5) is 0 Å². The number of nitrogens with one attached hydrogen (secondary N) is 1. The van der Waals surface area contributed by atoms with Crippen molar-refractivity contribution in [2.45, 2.75) is 13.0 Å². The van der Waals surface area contributed by atoms with Crippen molar-refractivity contribution < 1.29 is 4.74 Å². The number of rotatable bonds is 3. The van der Waals surface area contributed by atoms with Crippen LogP contribution in [0.3, 0.4) is 0 Å². The smallest absolute Gasteiger partial charge is 0.214 e. The number of pyridine rings is 1. The Morgan fingerprint density at radius 3 is 2.93 bits per heavy atom. The van der Waals surface area contributed by atoms with Gasteiger partial charge in [-0.1, -0.05) is 17.7 Å². The fraction of sp³-hybridized carbons (Fsp3) is 0.500. The topological polar surface area (TPSA) is 34.1 Å². The second-order valence-electron chi connectivity index (χ2n) is 3.54. The van der Waals surface area contributed by atoms with E-state index in [-0.39, 0.29) is 6.10 Å². The number of hydrogen-bond donors (Lipinski definition) is 1. The Morgan fingerprint density at radius 2 is 2.36 bits per heavy atom. The van der Waals surface area contributed by atoms with Gasteiger partial charge < -0.3 is 10.1 Å². The highest BCUT2D eigenvalue weighted by molar-refractivity contribution is 6.29. The van der Waals surface area contributed by atoms with E-state index in [0.29, 0.717) is 17.0 Å². The van der Waals surface area contributed by atoms with Gasteiger partial charge in [-0.25, -0.2) is 4.98 Å². The first-order valence-electron chi connectivity index (χ1n) is 4.75. The number of hydrogen-bond acceptors (Lipinski definition) is 3. The van der Waals surface area contributed by atoms with Gasteiger partial charge in [0.2, 0.25) is 5.88 Å². The predicted octanol–water partition coefficient (Wildman–Crippen LogP) is 1.72. The maximum Gasteiger partial charge on any atom is 0.214 e. The van der Waals surface area contributed by atoms with E-state index >= 15 is 0 Å². The van der Waals surface area contributed by atoms with Crippen molar-refractivity contribution in [3.8, 4) is 5.88 Å². The van der Waals surface area contributed by atoms with Crippen LogP contribution in [0, 0.1) is 5.92 Å². The lowest BCUT2D eigenvalue weighted by Crippen LogP contribution is -2.49. The number of ether oxygens (including phenoxy) is 1. The van der Waals surface area contributed by atoms with Crippen LogP contribution in [-0.4, -0.2) is 24.2 Å². The van der Waals surface area contributed by atoms with Gasteiger partial charge >= 0.3 is 0 Å².